The molecule has 0 bridgehead atoms. The van der Waals surface area contributed by atoms with Gasteiger partial charge in [0.25, 0.3) is 0 Å². The van der Waals surface area contributed by atoms with E-state index in [4.69, 9.17) is 10.2 Å². The van der Waals surface area contributed by atoms with Crippen molar-refractivity contribution in [2.45, 2.75) is 32.7 Å². The highest BCUT2D eigenvalue weighted by molar-refractivity contribution is 5.06. The zero-order chi connectivity index (χ0) is 8.27. The van der Waals surface area contributed by atoms with E-state index in [1.165, 1.54) is 0 Å². The van der Waals surface area contributed by atoms with E-state index in [0.29, 0.717) is 0 Å². The fraction of sp³-hybridized carbons (Fsp3) is 0.556. The van der Waals surface area contributed by atoms with Crippen molar-refractivity contribution < 1.29 is 4.42 Å². The molecule has 0 aliphatic carbocycles. The molecule has 2 N–H and O–H groups in total. The van der Waals surface area contributed by atoms with Crippen molar-refractivity contribution in [3.63, 3.8) is 0 Å². The van der Waals surface area contributed by atoms with Gasteiger partial charge in [0.1, 0.15) is 11.5 Å². The van der Waals surface area contributed by atoms with Crippen LogP contribution in [0, 0.1) is 6.92 Å². The van der Waals surface area contributed by atoms with Crippen LogP contribution in [0.1, 0.15) is 24.9 Å². The minimum atomic E-state index is 0.237. The molecule has 1 unspecified atom stereocenters. The largest absolute Gasteiger partial charge is 0.466 e. The minimum Gasteiger partial charge on any atom is -0.466 e. The van der Waals surface area contributed by atoms with Crippen LogP contribution in [0.25, 0.3) is 0 Å². The maximum Gasteiger partial charge on any atom is 0.105 e. The molecule has 2 nitrogen and oxygen atoms in total. The lowest BCUT2D eigenvalue weighted by Crippen LogP contribution is -2.20. The van der Waals surface area contributed by atoms with E-state index >= 15 is 0 Å². The van der Waals surface area contributed by atoms with E-state index < -0.39 is 0 Å². The van der Waals surface area contributed by atoms with Crippen LogP contribution in [-0.2, 0) is 6.42 Å². The Morgan fingerprint density at radius 3 is 2.73 bits per heavy atom. The average molecular weight is 153 g/mol. The first-order chi connectivity index (χ1) is 5.22. The van der Waals surface area contributed by atoms with Crippen LogP contribution in [0.15, 0.2) is 16.5 Å². The minimum absolute atomic E-state index is 0.237. The molecule has 11 heavy (non-hydrogen) atoms. The zero-order valence-electron chi connectivity index (χ0n) is 7.13. The number of aryl methyl sites for hydroxylation is 1. The average Bonchev–Trinajstić information content (AvgIpc) is 2.35. The van der Waals surface area contributed by atoms with Gasteiger partial charge in [0, 0.05) is 12.5 Å². The van der Waals surface area contributed by atoms with Crippen LogP contribution in [0.3, 0.4) is 0 Å². The first-order valence-electron chi connectivity index (χ1n) is 4.03. The molecule has 0 radical (unpaired) electrons. The van der Waals surface area contributed by atoms with Gasteiger partial charge in [0.15, 0.2) is 0 Å². The molecule has 1 aromatic heterocycles. The second kappa shape index (κ2) is 3.58. The van der Waals surface area contributed by atoms with Gasteiger partial charge in [0.05, 0.1) is 0 Å². The normalized spacial score (nSPS) is 13.4. The molecular weight excluding hydrogens is 138 g/mol. The van der Waals surface area contributed by atoms with E-state index in [-0.39, 0.29) is 6.04 Å². The van der Waals surface area contributed by atoms with Crippen molar-refractivity contribution in [3.05, 3.63) is 23.7 Å². The quantitative estimate of drug-likeness (QED) is 0.720. The van der Waals surface area contributed by atoms with Crippen LogP contribution in [0.4, 0.5) is 0 Å². The van der Waals surface area contributed by atoms with E-state index in [1.54, 1.807) is 0 Å². The Balaban J connectivity index is 2.50. The highest BCUT2D eigenvalue weighted by Gasteiger charge is 2.03. The van der Waals surface area contributed by atoms with Crippen LogP contribution in [-0.4, -0.2) is 6.04 Å². The van der Waals surface area contributed by atoms with E-state index in [9.17, 15) is 0 Å². The number of hydrogen-bond acceptors (Lipinski definition) is 2. The van der Waals surface area contributed by atoms with Gasteiger partial charge in [0.2, 0.25) is 0 Å². The monoisotopic (exact) mass is 153 g/mol. The summed E-state index contributed by atoms with van der Waals surface area (Å²) >= 11 is 0. The molecule has 1 aromatic rings. The predicted octanol–water partition coefficient (Wildman–Crippen LogP) is 1.87. The molecule has 0 saturated heterocycles. The van der Waals surface area contributed by atoms with Gasteiger partial charge in [-0.2, -0.15) is 0 Å². The summed E-state index contributed by atoms with van der Waals surface area (Å²) in [5.74, 6) is 1.96. The molecule has 1 atom stereocenters. The van der Waals surface area contributed by atoms with Crippen LogP contribution in [0.2, 0.25) is 0 Å². The summed E-state index contributed by atoms with van der Waals surface area (Å²) in [4.78, 5) is 0. The zero-order valence-corrected chi connectivity index (χ0v) is 7.13. The molecule has 0 aliphatic heterocycles. The van der Waals surface area contributed by atoms with Gasteiger partial charge < -0.3 is 10.2 Å². The van der Waals surface area contributed by atoms with Gasteiger partial charge >= 0.3 is 0 Å². The van der Waals surface area contributed by atoms with Gasteiger partial charge in [-0.25, -0.2) is 0 Å². The van der Waals surface area contributed by atoms with Gasteiger partial charge in [-0.15, -0.1) is 0 Å². The molecule has 0 aliphatic rings. The Labute approximate surface area is 67.4 Å². The summed E-state index contributed by atoms with van der Waals surface area (Å²) in [5.41, 5.74) is 5.75. The summed E-state index contributed by atoms with van der Waals surface area (Å²) in [6, 6.07) is 4.20. The standard InChI is InChI=1S/C9H15NO/c1-3-8(10)6-9-5-4-7(2)11-9/h4-5,8H,3,6,10H2,1-2H3. The SMILES string of the molecule is CCC(N)Cc1ccc(C)o1. The molecule has 0 spiro atoms. The smallest absolute Gasteiger partial charge is 0.105 e. The lowest BCUT2D eigenvalue weighted by molar-refractivity contribution is 0.460. The molecule has 1 rings (SSSR count). The maximum absolute atomic E-state index is 5.75. The summed E-state index contributed by atoms with van der Waals surface area (Å²) in [6.45, 7) is 4.03. The molecule has 0 amide bonds. The Kier molecular flexibility index (Phi) is 2.71. The molecule has 1 heterocycles. The van der Waals surface area contributed by atoms with Crippen molar-refractivity contribution in [2.75, 3.05) is 0 Å². The third-order valence-corrected chi connectivity index (χ3v) is 1.78. The molecular formula is C9H15NO. The Morgan fingerprint density at radius 1 is 1.55 bits per heavy atom. The van der Waals surface area contributed by atoms with Crippen molar-refractivity contribution in [2.24, 2.45) is 5.73 Å². The van der Waals surface area contributed by atoms with Crippen LogP contribution >= 0.6 is 0 Å². The highest BCUT2D eigenvalue weighted by Crippen LogP contribution is 2.08. The highest BCUT2D eigenvalue weighted by atomic mass is 16.3. The first-order valence-corrected chi connectivity index (χ1v) is 4.03. The molecule has 62 valence electrons. The summed E-state index contributed by atoms with van der Waals surface area (Å²) < 4.78 is 5.38. The van der Waals surface area contributed by atoms with Crippen molar-refractivity contribution in [3.8, 4) is 0 Å². The van der Waals surface area contributed by atoms with Crippen LogP contribution < -0.4 is 5.73 Å². The Morgan fingerprint density at radius 2 is 2.27 bits per heavy atom. The fourth-order valence-corrected chi connectivity index (χ4v) is 0.998. The third-order valence-electron chi connectivity index (χ3n) is 1.78. The van der Waals surface area contributed by atoms with Crippen LogP contribution in [0.5, 0.6) is 0 Å². The van der Waals surface area contributed by atoms with Gasteiger partial charge in [-0.05, 0) is 25.5 Å². The number of nitrogens with two attached hydrogens (primary N) is 1. The summed E-state index contributed by atoms with van der Waals surface area (Å²) in [5, 5.41) is 0. The molecule has 0 saturated carbocycles. The first kappa shape index (κ1) is 8.34. The number of furan rings is 1. The predicted molar refractivity (Wildman–Crippen MR) is 45.4 cm³/mol. The second-order valence-electron chi connectivity index (χ2n) is 2.88. The molecule has 2 heteroatoms. The van der Waals surface area contributed by atoms with Crippen molar-refractivity contribution in [1.82, 2.24) is 0 Å². The van der Waals surface area contributed by atoms with E-state index in [2.05, 4.69) is 6.92 Å². The van der Waals surface area contributed by atoms with Crippen molar-refractivity contribution >= 4 is 0 Å². The van der Waals surface area contributed by atoms with E-state index in [0.717, 1.165) is 24.4 Å². The van der Waals surface area contributed by atoms with Gasteiger partial charge in [-0.1, -0.05) is 6.92 Å². The topological polar surface area (TPSA) is 39.2 Å². The second-order valence-corrected chi connectivity index (χ2v) is 2.88. The third kappa shape index (κ3) is 2.39. The van der Waals surface area contributed by atoms with Gasteiger partial charge in [-0.3, -0.25) is 0 Å². The lowest BCUT2D eigenvalue weighted by atomic mass is 10.1. The Hall–Kier alpha value is -0.760. The number of rotatable bonds is 3. The summed E-state index contributed by atoms with van der Waals surface area (Å²) in [6.07, 6.45) is 1.85. The molecule has 0 fully saturated rings. The molecule has 0 aromatic carbocycles. The maximum atomic E-state index is 5.75. The summed E-state index contributed by atoms with van der Waals surface area (Å²) in [7, 11) is 0. The van der Waals surface area contributed by atoms with E-state index in [1.807, 2.05) is 19.1 Å². The Bertz CT molecular complexity index is 217. The van der Waals surface area contributed by atoms with Crippen molar-refractivity contribution in [1.29, 1.82) is 0 Å². The fourth-order valence-electron chi connectivity index (χ4n) is 0.998. The lowest BCUT2D eigenvalue weighted by Gasteiger charge is -2.04. The number of hydrogen-bond donors (Lipinski definition) is 1.